The van der Waals surface area contributed by atoms with E-state index in [0.717, 1.165) is 6.54 Å². The molecule has 15 heteroatoms. The number of ether oxygens (including phenoxy) is 7. The van der Waals surface area contributed by atoms with Gasteiger partial charge in [0.05, 0.1) is 71.6 Å². The molecule has 0 bridgehead atoms. The molecule has 15 nitrogen and oxygen atoms in total. The Labute approximate surface area is 238 Å². The maximum absolute atomic E-state index is 12.6. The summed E-state index contributed by atoms with van der Waals surface area (Å²) in [6, 6.07) is 4.69. The summed E-state index contributed by atoms with van der Waals surface area (Å²) in [5.41, 5.74) is 0.890. The highest BCUT2D eigenvalue weighted by Gasteiger charge is 2.48. The quantitative estimate of drug-likeness (QED) is 0.0924. The number of aliphatic hydroxyl groups excluding tert-OH is 3. The van der Waals surface area contributed by atoms with Gasteiger partial charge in [0.15, 0.2) is 6.10 Å². The normalized spacial score (nSPS) is 22.4. The van der Waals surface area contributed by atoms with Crippen LogP contribution < -0.4 is 15.4 Å². The number of rotatable bonds is 21. The SMILES string of the molecule is CNCCOCCOCCOCCOCCC(=O)Nc1cc(COC)ccc1O[C@@H]1O[C@H](C(=O)O)[C@@H](O)[C@H](O)[C@H]1O. The van der Waals surface area contributed by atoms with Gasteiger partial charge in [-0.1, -0.05) is 6.07 Å². The van der Waals surface area contributed by atoms with Crippen molar-refractivity contribution in [3.8, 4) is 5.75 Å². The molecule has 5 atom stereocenters. The minimum atomic E-state index is -1.86. The van der Waals surface area contributed by atoms with Crippen LogP contribution in [0.2, 0.25) is 0 Å². The molecule has 0 unspecified atom stereocenters. The molecule has 1 saturated heterocycles. The summed E-state index contributed by atoms with van der Waals surface area (Å²) in [7, 11) is 3.36. The number of likely N-dealkylation sites (N-methyl/N-ethyl adjacent to an activating group) is 1. The van der Waals surface area contributed by atoms with Crippen LogP contribution in [0.25, 0.3) is 0 Å². The molecule has 1 fully saturated rings. The minimum absolute atomic E-state index is 0.0131. The molecule has 0 radical (unpaired) electrons. The van der Waals surface area contributed by atoms with E-state index in [1.165, 1.54) is 13.2 Å². The Kier molecular flexibility index (Phi) is 16.7. The molecule has 1 aromatic carbocycles. The van der Waals surface area contributed by atoms with E-state index >= 15 is 0 Å². The monoisotopic (exact) mass is 590 g/mol. The van der Waals surface area contributed by atoms with Crippen LogP contribution in [0, 0.1) is 0 Å². The Balaban J connectivity index is 1.77. The van der Waals surface area contributed by atoms with Gasteiger partial charge >= 0.3 is 5.97 Å². The van der Waals surface area contributed by atoms with Gasteiger partial charge in [0.25, 0.3) is 0 Å². The van der Waals surface area contributed by atoms with Crippen LogP contribution in [0.3, 0.4) is 0 Å². The number of carboxylic acid groups (broad SMARTS) is 1. The van der Waals surface area contributed by atoms with Crippen molar-refractivity contribution in [3.63, 3.8) is 0 Å². The van der Waals surface area contributed by atoms with Crippen molar-refractivity contribution in [2.75, 3.05) is 78.9 Å². The largest absolute Gasteiger partial charge is 0.479 e. The first-order valence-corrected chi connectivity index (χ1v) is 13.2. The van der Waals surface area contributed by atoms with E-state index in [0.29, 0.717) is 45.2 Å². The molecule has 1 heterocycles. The third-order valence-corrected chi connectivity index (χ3v) is 5.77. The van der Waals surface area contributed by atoms with Crippen molar-refractivity contribution >= 4 is 17.6 Å². The summed E-state index contributed by atoms with van der Waals surface area (Å²) in [5.74, 6) is -1.91. The van der Waals surface area contributed by atoms with Crippen molar-refractivity contribution in [1.29, 1.82) is 0 Å². The number of benzene rings is 1. The lowest BCUT2D eigenvalue weighted by molar-refractivity contribution is -0.271. The number of amides is 1. The van der Waals surface area contributed by atoms with Gasteiger partial charge in [0, 0.05) is 13.7 Å². The van der Waals surface area contributed by atoms with Crippen molar-refractivity contribution in [2.45, 2.75) is 43.7 Å². The number of carbonyl (C=O) groups excluding carboxylic acids is 1. The minimum Gasteiger partial charge on any atom is -0.479 e. The van der Waals surface area contributed by atoms with E-state index in [-0.39, 0.29) is 37.7 Å². The van der Waals surface area contributed by atoms with Crippen LogP contribution in [0.1, 0.15) is 12.0 Å². The number of hydrogen-bond donors (Lipinski definition) is 6. The zero-order valence-electron chi connectivity index (χ0n) is 23.4. The van der Waals surface area contributed by atoms with Gasteiger partial charge in [-0.3, -0.25) is 4.79 Å². The predicted octanol–water partition coefficient (Wildman–Crippen LogP) is -1.28. The summed E-state index contributed by atoms with van der Waals surface area (Å²) in [4.78, 5) is 24.0. The molecule has 0 saturated carbocycles. The topological polar surface area (TPSA) is 204 Å². The first kappa shape index (κ1) is 34.8. The Hall–Kier alpha value is -2.44. The fourth-order valence-electron chi connectivity index (χ4n) is 3.62. The Morgan fingerprint density at radius 2 is 1.49 bits per heavy atom. The number of methoxy groups -OCH3 is 1. The maximum atomic E-state index is 12.6. The number of nitrogens with one attached hydrogen (secondary N) is 2. The molecule has 2 rings (SSSR count). The first-order chi connectivity index (χ1) is 19.8. The van der Waals surface area contributed by atoms with Crippen LogP contribution in [-0.4, -0.2) is 137 Å². The van der Waals surface area contributed by atoms with Crippen molar-refractivity contribution < 1.29 is 63.2 Å². The maximum Gasteiger partial charge on any atom is 0.335 e. The fourth-order valence-corrected chi connectivity index (χ4v) is 3.62. The fraction of sp³-hybridized carbons (Fsp3) is 0.692. The van der Waals surface area contributed by atoms with Crippen LogP contribution in [0.5, 0.6) is 5.75 Å². The predicted molar refractivity (Wildman–Crippen MR) is 143 cm³/mol. The second kappa shape index (κ2) is 19.6. The highest BCUT2D eigenvalue weighted by molar-refractivity contribution is 5.92. The van der Waals surface area contributed by atoms with Gasteiger partial charge in [-0.05, 0) is 24.7 Å². The number of aliphatic hydroxyl groups is 3. The third kappa shape index (κ3) is 12.5. The van der Waals surface area contributed by atoms with Crippen LogP contribution in [-0.2, 0) is 44.6 Å². The molecule has 0 aromatic heterocycles. The van der Waals surface area contributed by atoms with Crippen molar-refractivity contribution in [3.05, 3.63) is 23.8 Å². The molecule has 41 heavy (non-hydrogen) atoms. The van der Waals surface area contributed by atoms with Gasteiger partial charge in [-0.15, -0.1) is 0 Å². The number of carbonyl (C=O) groups is 2. The van der Waals surface area contributed by atoms with Gasteiger partial charge in [0.2, 0.25) is 12.2 Å². The van der Waals surface area contributed by atoms with Gasteiger partial charge in [-0.2, -0.15) is 0 Å². The van der Waals surface area contributed by atoms with Crippen molar-refractivity contribution in [1.82, 2.24) is 5.32 Å². The summed E-state index contributed by atoms with van der Waals surface area (Å²) >= 11 is 0. The Bertz CT molecular complexity index is 906. The average Bonchev–Trinajstić information content (AvgIpc) is 2.94. The summed E-state index contributed by atoms with van der Waals surface area (Å²) < 4.78 is 37.5. The zero-order chi connectivity index (χ0) is 30.0. The van der Waals surface area contributed by atoms with Crippen LogP contribution >= 0.6 is 0 Å². The van der Waals surface area contributed by atoms with E-state index < -0.39 is 42.6 Å². The number of anilines is 1. The molecular weight excluding hydrogens is 548 g/mol. The van der Waals surface area contributed by atoms with Crippen LogP contribution in [0.15, 0.2) is 18.2 Å². The second-order valence-corrected chi connectivity index (χ2v) is 8.97. The summed E-state index contributed by atoms with van der Waals surface area (Å²) in [6.07, 6.45) is -8.90. The lowest BCUT2D eigenvalue weighted by Crippen LogP contribution is -2.61. The molecule has 0 aliphatic carbocycles. The molecule has 1 amide bonds. The average molecular weight is 591 g/mol. The lowest BCUT2D eigenvalue weighted by atomic mass is 9.99. The van der Waals surface area contributed by atoms with E-state index in [1.807, 2.05) is 7.05 Å². The van der Waals surface area contributed by atoms with E-state index in [9.17, 15) is 30.0 Å². The molecule has 234 valence electrons. The molecular formula is C26H42N2O13. The highest BCUT2D eigenvalue weighted by atomic mass is 16.7. The number of hydrogen-bond acceptors (Lipinski definition) is 13. The highest BCUT2D eigenvalue weighted by Crippen LogP contribution is 2.31. The zero-order valence-corrected chi connectivity index (χ0v) is 23.4. The van der Waals surface area contributed by atoms with Crippen molar-refractivity contribution in [2.24, 2.45) is 0 Å². The Morgan fingerprint density at radius 1 is 0.878 bits per heavy atom. The smallest absolute Gasteiger partial charge is 0.335 e. The second-order valence-electron chi connectivity index (χ2n) is 8.97. The van der Waals surface area contributed by atoms with Gasteiger partial charge < -0.3 is 64.2 Å². The van der Waals surface area contributed by atoms with E-state index in [4.69, 9.17) is 33.2 Å². The lowest BCUT2D eigenvalue weighted by Gasteiger charge is -2.38. The molecule has 1 aromatic rings. The number of carboxylic acids is 1. The Morgan fingerprint density at radius 3 is 2.07 bits per heavy atom. The first-order valence-electron chi connectivity index (χ1n) is 13.2. The summed E-state index contributed by atoms with van der Waals surface area (Å²) in [5, 5.41) is 45.1. The standard InChI is InChI=1S/C26H42N2O13/c1-27-6-8-37-10-12-39-14-13-38-11-9-36-7-5-20(29)28-18-15-17(16-35-2)3-4-19(18)40-26-23(32)21(30)22(31)24(41-26)25(33)34/h3-4,15,21-24,26-27,30-32H,5-14,16H2,1-2H3,(H,28,29)(H,33,34)/t21-,22-,23+,24-,26+/m0/s1. The van der Waals surface area contributed by atoms with Gasteiger partial charge in [-0.25, -0.2) is 4.79 Å². The summed E-state index contributed by atoms with van der Waals surface area (Å²) in [6.45, 7) is 4.25. The molecule has 0 spiro atoms. The molecule has 6 N–H and O–H groups in total. The molecule has 1 aliphatic heterocycles. The van der Waals surface area contributed by atoms with Gasteiger partial charge in [0.1, 0.15) is 24.1 Å². The number of aliphatic carboxylic acids is 1. The third-order valence-electron chi connectivity index (χ3n) is 5.77. The molecule has 1 aliphatic rings. The van der Waals surface area contributed by atoms with E-state index in [2.05, 4.69) is 10.6 Å². The van der Waals surface area contributed by atoms with Crippen LogP contribution in [0.4, 0.5) is 5.69 Å². The van der Waals surface area contributed by atoms with E-state index in [1.54, 1.807) is 12.1 Å².